The Balaban J connectivity index is 0.000000309. The first kappa shape index (κ1) is 67.9. The molecule has 2 fully saturated rings. The summed E-state index contributed by atoms with van der Waals surface area (Å²) in [6.07, 6.45) is 0.434. The zero-order valence-corrected chi connectivity index (χ0v) is 47.6. The van der Waals surface area contributed by atoms with E-state index in [0.29, 0.717) is 106 Å². The lowest BCUT2D eigenvalue weighted by Crippen LogP contribution is -2.54. The van der Waals surface area contributed by atoms with Crippen LogP contribution in [0, 0.1) is 0 Å². The van der Waals surface area contributed by atoms with Crippen LogP contribution < -0.4 is 20.1 Å². The van der Waals surface area contributed by atoms with E-state index in [-0.39, 0.29) is 118 Å². The van der Waals surface area contributed by atoms with E-state index in [1.807, 2.05) is 20.8 Å². The number of carboxylic acids is 1. The molecule has 84 heavy (non-hydrogen) atoms. The number of nitrogens with one attached hydrogen (secondary N) is 2. The smallest absolute Gasteiger partial charge is 0.308 e. The van der Waals surface area contributed by atoms with Gasteiger partial charge in [-0.05, 0) is 57.9 Å². The molecule has 0 spiro atoms. The molecule has 28 nitrogen and oxygen atoms in total. The van der Waals surface area contributed by atoms with Gasteiger partial charge in [0.25, 0.3) is 23.6 Å². The first-order chi connectivity index (χ1) is 40.5. The van der Waals surface area contributed by atoms with Crippen LogP contribution in [0.25, 0.3) is 0 Å². The minimum absolute atomic E-state index is 0.0306. The predicted molar refractivity (Wildman–Crippen MR) is 288 cm³/mol. The first-order valence-corrected chi connectivity index (χ1v) is 27.6. The normalized spacial score (nSPS) is 16.8. The number of piperidine rings is 2. The second-order valence-electron chi connectivity index (χ2n) is 19.6. The Hall–Kier alpha value is -6.86. The zero-order valence-electron chi connectivity index (χ0n) is 47.6. The van der Waals surface area contributed by atoms with Crippen LogP contribution in [0.2, 0.25) is 0 Å². The highest BCUT2D eigenvalue weighted by Gasteiger charge is 2.47. The summed E-state index contributed by atoms with van der Waals surface area (Å²) in [5.41, 5.74) is -0.00368. The molecule has 2 aromatic carbocycles. The molecule has 4 aliphatic rings. The van der Waals surface area contributed by atoms with Gasteiger partial charge in [0.1, 0.15) is 42.4 Å². The van der Waals surface area contributed by atoms with E-state index in [0.717, 1.165) is 9.80 Å². The molecule has 0 saturated carbocycles. The maximum atomic E-state index is 13.1. The molecule has 0 radical (unpaired) electrons. The number of hydrogen-bond acceptors (Lipinski definition) is 23. The molecule has 2 atom stereocenters. The summed E-state index contributed by atoms with van der Waals surface area (Å²) in [4.78, 5) is 123. The van der Waals surface area contributed by atoms with E-state index in [1.54, 1.807) is 24.3 Å². The molecule has 6 rings (SSSR count). The van der Waals surface area contributed by atoms with Crippen molar-refractivity contribution in [2.75, 3.05) is 145 Å². The van der Waals surface area contributed by atoms with Crippen LogP contribution in [-0.2, 0) is 80.9 Å². The number of amides is 8. The highest BCUT2D eigenvalue weighted by Crippen LogP contribution is 2.35. The van der Waals surface area contributed by atoms with Crippen molar-refractivity contribution in [1.82, 2.24) is 20.4 Å². The standard InChI is InChI=1S/C30H42N2O12.C26H34N2O12/c1-30(2,3)44-25(34)9-10-38-11-12-39-13-14-40-15-16-41-17-18-42-19-20-43-23-6-4-5-21-26(23)29(37)32(28(21)36)22-7-8-24(33)31-27(22)35;29-21-5-4-19(24(32)27-21)28-25(33)18-2-1-3-20(23(18)26(28)34)40-17-16-39-15-14-38-13-12-37-11-10-36-9-8-35-7-6-22(30)31/h4-6,22H,7-20H2,1-3H3,(H,31,33,35);1-3,19H,4-17H2,(H,30,31)(H,27,29,32). The maximum absolute atomic E-state index is 13.1. The minimum Gasteiger partial charge on any atom is -0.490 e. The minimum atomic E-state index is -1.04. The highest BCUT2D eigenvalue weighted by atomic mass is 16.6. The van der Waals surface area contributed by atoms with Crippen molar-refractivity contribution in [3.05, 3.63) is 58.7 Å². The third-order valence-corrected chi connectivity index (χ3v) is 12.1. The molecule has 4 aliphatic heterocycles. The van der Waals surface area contributed by atoms with Gasteiger partial charge in [0.05, 0.1) is 167 Å². The Bertz CT molecular complexity index is 2540. The van der Waals surface area contributed by atoms with Crippen molar-refractivity contribution in [2.24, 2.45) is 0 Å². The zero-order chi connectivity index (χ0) is 60.7. The van der Waals surface area contributed by atoms with Gasteiger partial charge in [-0.25, -0.2) is 0 Å². The summed E-state index contributed by atoms with van der Waals surface area (Å²) < 4.78 is 70.4. The number of ether oxygens (including phenoxy) is 13. The van der Waals surface area contributed by atoms with Crippen molar-refractivity contribution in [2.45, 2.75) is 77.0 Å². The molecule has 3 N–H and O–H groups in total. The number of carboxylic acid groups (broad SMARTS) is 1. The molecule has 464 valence electrons. The molecule has 8 amide bonds. The van der Waals surface area contributed by atoms with Gasteiger partial charge < -0.3 is 66.7 Å². The molecule has 4 heterocycles. The van der Waals surface area contributed by atoms with Crippen LogP contribution in [0.5, 0.6) is 11.5 Å². The summed E-state index contributed by atoms with van der Waals surface area (Å²) in [6.45, 7) is 12.6. The number of carbonyl (C=O) groups is 10. The Morgan fingerprint density at radius 2 is 0.762 bits per heavy atom. The maximum Gasteiger partial charge on any atom is 0.308 e. The Morgan fingerprint density at radius 1 is 0.452 bits per heavy atom. The van der Waals surface area contributed by atoms with Crippen molar-refractivity contribution >= 4 is 59.2 Å². The summed E-state index contributed by atoms with van der Waals surface area (Å²) in [7, 11) is 0. The largest absolute Gasteiger partial charge is 0.490 e. The fraction of sp³-hybridized carbons (Fsp3) is 0.607. The van der Waals surface area contributed by atoms with E-state index in [4.69, 9.17) is 66.7 Å². The van der Waals surface area contributed by atoms with Crippen LogP contribution in [0.1, 0.15) is 101 Å². The van der Waals surface area contributed by atoms with Gasteiger partial charge in [0, 0.05) is 12.8 Å². The van der Waals surface area contributed by atoms with Crippen LogP contribution >= 0.6 is 0 Å². The summed E-state index contributed by atoms with van der Waals surface area (Å²) in [6, 6.07) is 7.27. The Labute approximate surface area is 485 Å². The number of imide groups is 4. The number of hydrogen-bond donors (Lipinski definition) is 3. The number of fused-ring (bicyclic) bond motifs is 2. The summed E-state index contributed by atoms with van der Waals surface area (Å²) in [5, 5.41) is 12.8. The third kappa shape index (κ3) is 23.0. The van der Waals surface area contributed by atoms with Crippen LogP contribution in [0.3, 0.4) is 0 Å². The SMILES string of the molecule is CC(C)(C)OC(=O)CCOCCOCCOCCOCCOCCOc1cccc2c1C(=O)N(C1CCC(=O)NC1=O)C2=O.O=C(O)CCOCCOCCOCCOCCOCCOc1cccc2c1C(=O)N(C1CCC(=O)NC1=O)C2=O. The topological polar surface area (TPSA) is 341 Å². The van der Waals surface area contributed by atoms with Crippen molar-refractivity contribution in [1.29, 1.82) is 0 Å². The van der Waals surface area contributed by atoms with Crippen LogP contribution in [0.15, 0.2) is 36.4 Å². The van der Waals surface area contributed by atoms with Crippen molar-refractivity contribution in [3.63, 3.8) is 0 Å². The third-order valence-electron chi connectivity index (χ3n) is 12.1. The van der Waals surface area contributed by atoms with Gasteiger partial charge in [-0.15, -0.1) is 0 Å². The lowest BCUT2D eigenvalue weighted by molar-refractivity contribution is -0.156. The molecule has 28 heteroatoms. The van der Waals surface area contributed by atoms with E-state index in [1.165, 1.54) is 12.1 Å². The molecule has 2 unspecified atom stereocenters. The van der Waals surface area contributed by atoms with Gasteiger partial charge >= 0.3 is 11.9 Å². The van der Waals surface area contributed by atoms with Gasteiger partial charge in [0.2, 0.25) is 23.6 Å². The molecular formula is C56H76N4O24. The van der Waals surface area contributed by atoms with E-state index >= 15 is 0 Å². The number of aliphatic carboxylic acids is 1. The number of nitrogens with zero attached hydrogens (tertiary/aromatic N) is 2. The predicted octanol–water partition coefficient (Wildman–Crippen LogP) is 1.31. The monoisotopic (exact) mass is 1190 g/mol. The molecule has 2 aromatic rings. The molecule has 0 aliphatic carbocycles. The fourth-order valence-corrected chi connectivity index (χ4v) is 8.30. The van der Waals surface area contributed by atoms with Gasteiger partial charge in [-0.1, -0.05) is 12.1 Å². The Morgan fingerprint density at radius 3 is 1.07 bits per heavy atom. The van der Waals surface area contributed by atoms with Crippen molar-refractivity contribution < 1.29 is 115 Å². The van der Waals surface area contributed by atoms with Gasteiger partial charge in [-0.3, -0.25) is 68.4 Å². The second-order valence-corrected chi connectivity index (χ2v) is 19.6. The fourth-order valence-electron chi connectivity index (χ4n) is 8.30. The quantitative estimate of drug-likeness (QED) is 0.0481. The number of benzene rings is 2. The summed E-state index contributed by atoms with van der Waals surface area (Å²) in [5.74, 6) is -5.38. The average Bonchev–Trinajstić information content (AvgIpc) is 2.11. The average molecular weight is 1190 g/mol. The lowest BCUT2D eigenvalue weighted by Gasteiger charge is -2.27. The van der Waals surface area contributed by atoms with Crippen LogP contribution in [-0.4, -0.2) is 237 Å². The van der Waals surface area contributed by atoms with Crippen LogP contribution in [0.4, 0.5) is 0 Å². The number of esters is 1. The number of rotatable bonds is 40. The number of carbonyl (C=O) groups excluding carboxylic acids is 9. The molecule has 0 aromatic heterocycles. The molecular weight excluding hydrogens is 1110 g/mol. The van der Waals surface area contributed by atoms with Crippen molar-refractivity contribution in [3.8, 4) is 11.5 Å². The Kier molecular flexibility index (Phi) is 29.7. The second kappa shape index (κ2) is 36.8. The highest BCUT2D eigenvalue weighted by molar-refractivity contribution is 6.25. The van der Waals surface area contributed by atoms with E-state index < -0.39 is 70.9 Å². The summed E-state index contributed by atoms with van der Waals surface area (Å²) >= 11 is 0. The first-order valence-electron chi connectivity index (χ1n) is 27.6. The lowest BCUT2D eigenvalue weighted by atomic mass is 10.0. The van der Waals surface area contributed by atoms with Gasteiger partial charge in [-0.2, -0.15) is 0 Å². The van der Waals surface area contributed by atoms with E-state index in [2.05, 4.69) is 10.6 Å². The van der Waals surface area contributed by atoms with Gasteiger partial charge in [0.15, 0.2) is 0 Å². The molecule has 0 bridgehead atoms. The van der Waals surface area contributed by atoms with E-state index in [9.17, 15) is 47.9 Å². The molecule has 2 saturated heterocycles.